The van der Waals surface area contributed by atoms with E-state index in [0.29, 0.717) is 13.1 Å². The van der Waals surface area contributed by atoms with Crippen molar-refractivity contribution >= 4 is 27.5 Å². The third kappa shape index (κ3) is 4.91. The molecule has 2 aromatic rings. The maximum atomic E-state index is 13.1. The van der Waals surface area contributed by atoms with Gasteiger partial charge in [0.2, 0.25) is 10.0 Å². The number of hydrogen-bond donors (Lipinski definition) is 1. The molecule has 1 unspecified atom stereocenters. The number of rotatable bonds is 6. The van der Waals surface area contributed by atoms with Gasteiger partial charge in [0.25, 0.3) is 5.91 Å². The third-order valence-corrected chi connectivity index (χ3v) is 6.92. The topological polar surface area (TPSA) is 75.7 Å². The first-order valence-electron chi connectivity index (χ1n) is 9.46. The van der Waals surface area contributed by atoms with Crippen molar-refractivity contribution in [1.82, 2.24) is 9.62 Å². The largest absolute Gasteiger partial charge is 0.497 e. The van der Waals surface area contributed by atoms with Crippen molar-refractivity contribution in [2.75, 3.05) is 20.2 Å². The molecule has 0 aromatic heterocycles. The van der Waals surface area contributed by atoms with E-state index in [1.54, 1.807) is 25.9 Å². The molecule has 1 heterocycles. The zero-order chi connectivity index (χ0) is 21.2. The average Bonchev–Trinajstić information content (AvgIpc) is 3.17. The molecule has 6 nitrogen and oxygen atoms in total. The predicted molar refractivity (Wildman–Crippen MR) is 113 cm³/mol. The van der Waals surface area contributed by atoms with Gasteiger partial charge in [-0.05, 0) is 56.2 Å². The van der Waals surface area contributed by atoms with Gasteiger partial charge in [-0.15, -0.1) is 0 Å². The van der Waals surface area contributed by atoms with Crippen molar-refractivity contribution in [3.8, 4) is 5.75 Å². The van der Waals surface area contributed by atoms with E-state index in [1.807, 2.05) is 24.3 Å². The minimum Gasteiger partial charge on any atom is -0.497 e. The molecular formula is C21H25ClN2O4S. The van der Waals surface area contributed by atoms with Crippen LogP contribution in [0.25, 0.3) is 0 Å². The Labute approximate surface area is 176 Å². The van der Waals surface area contributed by atoms with Gasteiger partial charge >= 0.3 is 0 Å². The quantitative estimate of drug-likeness (QED) is 0.749. The number of carbonyl (C=O) groups excluding carboxylic acids is 1. The van der Waals surface area contributed by atoms with Gasteiger partial charge in [-0.1, -0.05) is 23.7 Å². The standard InChI is InChI=1S/C21H25ClN2O4S/c1-14(2)23-29(26,27)18-8-9-20(22)19(12-18)21(25)24-11-10-16(13-24)15-4-6-17(28-3)7-5-15/h4-9,12,14,16,23H,10-11,13H2,1-3H3. The maximum absolute atomic E-state index is 13.1. The van der Waals surface area contributed by atoms with Crippen LogP contribution >= 0.6 is 11.6 Å². The van der Waals surface area contributed by atoms with Crippen LogP contribution in [0.1, 0.15) is 42.1 Å². The number of sulfonamides is 1. The number of halogens is 1. The zero-order valence-corrected chi connectivity index (χ0v) is 18.3. The van der Waals surface area contributed by atoms with E-state index < -0.39 is 10.0 Å². The molecule has 0 radical (unpaired) electrons. The summed E-state index contributed by atoms with van der Waals surface area (Å²) in [5, 5.41) is 0.242. The number of methoxy groups -OCH3 is 1. The van der Waals surface area contributed by atoms with Crippen LogP contribution in [0, 0.1) is 0 Å². The minimum absolute atomic E-state index is 0.0323. The molecule has 0 saturated carbocycles. The van der Waals surface area contributed by atoms with Crippen molar-refractivity contribution in [2.24, 2.45) is 0 Å². The number of benzene rings is 2. The molecule has 1 saturated heterocycles. The van der Waals surface area contributed by atoms with E-state index in [-0.39, 0.29) is 33.3 Å². The van der Waals surface area contributed by atoms with Gasteiger partial charge in [0.05, 0.1) is 22.6 Å². The summed E-state index contributed by atoms with van der Waals surface area (Å²) in [5.74, 6) is 0.755. The maximum Gasteiger partial charge on any atom is 0.255 e. The highest BCUT2D eigenvalue weighted by Crippen LogP contribution is 2.31. The Morgan fingerprint density at radius 2 is 1.90 bits per heavy atom. The van der Waals surface area contributed by atoms with Gasteiger partial charge in [-0.25, -0.2) is 13.1 Å². The summed E-state index contributed by atoms with van der Waals surface area (Å²) in [6.07, 6.45) is 0.836. The number of nitrogens with zero attached hydrogens (tertiary/aromatic N) is 1. The van der Waals surface area contributed by atoms with Gasteiger partial charge in [0.15, 0.2) is 0 Å². The van der Waals surface area contributed by atoms with E-state index in [2.05, 4.69) is 4.72 Å². The average molecular weight is 437 g/mol. The second-order valence-electron chi connectivity index (χ2n) is 7.43. The zero-order valence-electron chi connectivity index (χ0n) is 16.7. The first kappa shape index (κ1) is 21.6. The summed E-state index contributed by atoms with van der Waals surface area (Å²) < 4.78 is 32.6. The number of nitrogens with one attached hydrogen (secondary N) is 1. The molecule has 29 heavy (non-hydrogen) atoms. The predicted octanol–water partition coefficient (Wildman–Crippen LogP) is 3.67. The lowest BCUT2D eigenvalue weighted by Crippen LogP contribution is -2.31. The lowest BCUT2D eigenvalue weighted by molar-refractivity contribution is 0.0790. The van der Waals surface area contributed by atoms with Crippen LogP contribution in [0.3, 0.4) is 0 Å². The number of hydrogen-bond acceptors (Lipinski definition) is 4. The third-order valence-electron chi connectivity index (χ3n) is 4.93. The van der Waals surface area contributed by atoms with Crippen LogP contribution in [0.4, 0.5) is 0 Å². The molecule has 1 aliphatic rings. The first-order valence-corrected chi connectivity index (χ1v) is 11.3. The van der Waals surface area contributed by atoms with Crippen LogP contribution in [0.5, 0.6) is 5.75 Å². The fraction of sp³-hybridized carbons (Fsp3) is 0.381. The Bertz CT molecular complexity index is 990. The molecule has 0 bridgehead atoms. The lowest BCUT2D eigenvalue weighted by Gasteiger charge is -2.18. The summed E-state index contributed by atoms with van der Waals surface area (Å²) in [7, 11) is -2.08. The number of carbonyl (C=O) groups is 1. The van der Waals surface area contributed by atoms with Crippen molar-refractivity contribution in [3.05, 3.63) is 58.6 Å². The van der Waals surface area contributed by atoms with Crippen LogP contribution in [0.15, 0.2) is 47.4 Å². The molecule has 156 valence electrons. The van der Waals surface area contributed by atoms with Gasteiger partial charge in [-0.2, -0.15) is 0 Å². The Morgan fingerprint density at radius 3 is 2.52 bits per heavy atom. The Balaban J connectivity index is 1.79. The smallest absolute Gasteiger partial charge is 0.255 e. The van der Waals surface area contributed by atoms with E-state index >= 15 is 0 Å². The molecule has 0 spiro atoms. The van der Waals surface area contributed by atoms with Gasteiger partial charge in [0, 0.05) is 25.0 Å². The molecule has 2 aromatic carbocycles. The van der Waals surface area contributed by atoms with Crippen molar-refractivity contribution in [2.45, 2.75) is 37.1 Å². The molecule has 1 atom stereocenters. The highest BCUT2D eigenvalue weighted by atomic mass is 35.5. The highest BCUT2D eigenvalue weighted by molar-refractivity contribution is 7.89. The number of amides is 1. The highest BCUT2D eigenvalue weighted by Gasteiger charge is 2.30. The van der Waals surface area contributed by atoms with Gasteiger partial charge in [-0.3, -0.25) is 4.79 Å². The number of ether oxygens (including phenoxy) is 1. The molecule has 1 N–H and O–H groups in total. The second-order valence-corrected chi connectivity index (χ2v) is 9.55. The SMILES string of the molecule is COc1ccc(C2CCN(C(=O)c3cc(S(=O)(=O)NC(C)C)ccc3Cl)C2)cc1. The van der Waals surface area contributed by atoms with Gasteiger partial charge in [0.1, 0.15) is 5.75 Å². The van der Waals surface area contributed by atoms with Crippen LogP contribution in [-0.2, 0) is 10.0 Å². The van der Waals surface area contributed by atoms with E-state index in [9.17, 15) is 13.2 Å². The Kier molecular flexibility index (Phi) is 6.51. The Morgan fingerprint density at radius 1 is 1.21 bits per heavy atom. The van der Waals surface area contributed by atoms with Crippen LogP contribution in [-0.4, -0.2) is 45.5 Å². The normalized spacial score (nSPS) is 17.0. The summed E-state index contributed by atoms with van der Waals surface area (Å²) in [4.78, 5) is 14.8. The number of likely N-dealkylation sites (tertiary alicyclic amines) is 1. The summed E-state index contributed by atoms with van der Waals surface area (Å²) in [6.45, 7) is 4.63. The molecule has 1 fully saturated rings. The van der Waals surface area contributed by atoms with Crippen LogP contribution < -0.4 is 9.46 Å². The summed E-state index contributed by atoms with van der Waals surface area (Å²) in [5.41, 5.74) is 1.35. The van der Waals surface area contributed by atoms with E-state index in [1.165, 1.54) is 18.2 Å². The summed E-state index contributed by atoms with van der Waals surface area (Å²) >= 11 is 6.24. The van der Waals surface area contributed by atoms with Crippen molar-refractivity contribution in [3.63, 3.8) is 0 Å². The molecule has 0 aliphatic carbocycles. The minimum atomic E-state index is -3.71. The monoisotopic (exact) mass is 436 g/mol. The lowest BCUT2D eigenvalue weighted by atomic mass is 9.98. The fourth-order valence-corrected chi connectivity index (χ4v) is 4.95. The first-order chi connectivity index (χ1) is 13.7. The van der Waals surface area contributed by atoms with Gasteiger partial charge < -0.3 is 9.64 Å². The van der Waals surface area contributed by atoms with Crippen molar-refractivity contribution in [1.29, 1.82) is 0 Å². The molecule has 1 amide bonds. The van der Waals surface area contributed by atoms with E-state index in [0.717, 1.165) is 17.7 Å². The van der Waals surface area contributed by atoms with Crippen molar-refractivity contribution < 1.29 is 17.9 Å². The second kappa shape index (κ2) is 8.73. The fourth-order valence-electron chi connectivity index (χ4n) is 3.48. The summed E-state index contributed by atoms with van der Waals surface area (Å²) in [6, 6.07) is 11.8. The van der Waals surface area contributed by atoms with E-state index in [4.69, 9.17) is 16.3 Å². The van der Waals surface area contributed by atoms with Crippen LogP contribution in [0.2, 0.25) is 5.02 Å². The molecule has 3 rings (SSSR count). The molecular weight excluding hydrogens is 412 g/mol. The Hall–Kier alpha value is -2.09. The molecule has 1 aliphatic heterocycles. The molecule has 8 heteroatoms.